The molecule has 7 nitrogen and oxygen atoms in total. The summed E-state index contributed by atoms with van der Waals surface area (Å²) in [6, 6.07) is 17.7. The third-order valence-corrected chi connectivity index (χ3v) is 6.60. The van der Waals surface area contributed by atoms with Crippen LogP contribution in [0.3, 0.4) is 0 Å². The van der Waals surface area contributed by atoms with E-state index in [0.717, 1.165) is 41.7 Å². The van der Waals surface area contributed by atoms with Crippen LogP contribution in [-0.2, 0) is 11.3 Å². The number of fused-ring (bicyclic) bond motifs is 1. The van der Waals surface area contributed by atoms with Crippen molar-refractivity contribution in [2.45, 2.75) is 45.7 Å². The van der Waals surface area contributed by atoms with Gasteiger partial charge in [-0.25, -0.2) is 4.98 Å². The molecule has 2 amide bonds. The molecule has 0 aliphatic carbocycles. The highest BCUT2D eigenvalue weighted by Gasteiger charge is 2.31. The van der Waals surface area contributed by atoms with Gasteiger partial charge >= 0.3 is 0 Å². The van der Waals surface area contributed by atoms with Crippen molar-refractivity contribution in [3.63, 3.8) is 0 Å². The van der Waals surface area contributed by atoms with Gasteiger partial charge in [0.1, 0.15) is 5.82 Å². The number of anilines is 1. The van der Waals surface area contributed by atoms with Gasteiger partial charge in [0.25, 0.3) is 5.91 Å². The van der Waals surface area contributed by atoms with E-state index in [-0.39, 0.29) is 17.9 Å². The topological polar surface area (TPSA) is 80.1 Å². The predicted octanol–water partition coefficient (Wildman–Crippen LogP) is 5.11. The minimum Gasteiger partial charge on any atom is -0.331 e. The number of aryl methyl sites for hydroxylation is 1. The average molecular weight is 468 g/mol. The molecule has 0 unspecified atom stereocenters. The lowest BCUT2D eigenvalue weighted by molar-refractivity contribution is -0.114. The van der Waals surface area contributed by atoms with E-state index < -0.39 is 0 Å². The molecule has 1 atom stereocenters. The van der Waals surface area contributed by atoms with E-state index in [9.17, 15) is 9.59 Å². The van der Waals surface area contributed by atoms with E-state index in [0.29, 0.717) is 29.9 Å². The second-order valence-corrected chi connectivity index (χ2v) is 9.10. The van der Waals surface area contributed by atoms with E-state index in [4.69, 9.17) is 4.98 Å². The van der Waals surface area contributed by atoms with Crippen LogP contribution in [-0.4, -0.2) is 37.8 Å². The average Bonchev–Trinajstić information content (AvgIpc) is 3.18. The fourth-order valence-corrected chi connectivity index (χ4v) is 5.03. The van der Waals surface area contributed by atoms with Crippen LogP contribution in [0.2, 0.25) is 0 Å². The maximum absolute atomic E-state index is 14.2. The first-order valence-electron chi connectivity index (χ1n) is 12.0. The molecule has 0 bridgehead atoms. The van der Waals surface area contributed by atoms with Crippen LogP contribution < -0.4 is 5.32 Å². The Morgan fingerprint density at radius 3 is 2.66 bits per heavy atom. The lowest BCUT2D eigenvalue weighted by Gasteiger charge is -2.36. The standard InChI is InChI=1S/C28H29N5O2/c1-19-30-25-16-23(31-20(2)34)15-24(27(25)33(19)18-21-9-4-3-5-10-21)28(35)32-14-7-6-12-26(32)22-11-8-13-29-17-22/h3-5,8-11,13,15-17,26H,6-7,12,14,18H2,1-2H3,(H,31,34)/t26-/m0/s1. The molecule has 0 saturated carbocycles. The SMILES string of the molecule is CC(=O)Nc1cc(C(=O)N2CCCC[C@H]2c2cccnc2)c2c(c1)nc(C)n2Cc1ccccc1. The Bertz CT molecular complexity index is 1360. The predicted molar refractivity (Wildman–Crippen MR) is 136 cm³/mol. The van der Waals surface area contributed by atoms with Crippen molar-refractivity contribution < 1.29 is 9.59 Å². The third-order valence-electron chi connectivity index (χ3n) is 6.60. The van der Waals surface area contributed by atoms with Gasteiger partial charge in [-0.05, 0) is 55.5 Å². The molecule has 178 valence electrons. The number of rotatable bonds is 5. The van der Waals surface area contributed by atoms with E-state index in [1.807, 2.05) is 54.4 Å². The zero-order chi connectivity index (χ0) is 24.4. The van der Waals surface area contributed by atoms with E-state index >= 15 is 0 Å². The number of hydrogen-bond acceptors (Lipinski definition) is 4. The van der Waals surface area contributed by atoms with Crippen molar-refractivity contribution in [2.75, 3.05) is 11.9 Å². The quantitative estimate of drug-likeness (QED) is 0.442. The van der Waals surface area contributed by atoms with Crippen LogP contribution >= 0.6 is 0 Å². The van der Waals surface area contributed by atoms with Crippen molar-refractivity contribution >= 4 is 28.5 Å². The number of hydrogen-bond donors (Lipinski definition) is 1. The fraction of sp³-hybridized carbons (Fsp3) is 0.286. The number of nitrogens with one attached hydrogen (secondary N) is 1. The summed E-state index contributed by atoms with van der Waals surface area (Å²) in [6.07, 6.45) is 6.52. The minimum atomic E-state index is -0.186. The normalized spacial score (nSPS) is 15.8. The summed E-state index contributed by atoms with van der Waals surface area (Å²) >= 11 is 0. The van der Waals surface area contributed by atoms with Gasteiger partial charge in [0.05, 0.1) is 22.6 Å². The van der Waals surface area contributed by atoms with Gasteiger partial charge in [0.15, 0.2) is 0 Å². The van der Waals surface area contributed by atoms with Crippen molar-refractivity contribution in [1.29, 1.82) is 0 Å². The highest BCUT2D eigenvalue weighted by Crippen LogP contribution is 2.34. The Balaban J connectivity index is 1.63. The lowest BCUT2D eigenvalue weighted by atomic mass is 9.95. The Kier molecular flexibility index (Phi) is 6.31. The largest absolute Gasteiger partial charge is 0.331 e. The van der Waals surface area contributed by atoms with Crippen molar-refractivity contribution in [2.24, 2.45) is 0 Å². The molecule has 4 aromatic rings. The second-order valence-electron chi connectivity index (χ2n) is 9.10. The van der Waals surface area contributed by atoms with E-state index in [1.54, 1.807) is 12.3 Å². The molecule has 1 saturated heterocycles. The number of nitrogens with zero attached hydrogens (tertiary/aromatic N) is 4. The summed E-state index contributed by atoms with van der Waals surface area (Å²) in [4.78, 5) is 37.1. The van der Waals surface area contributed by atoms with Crippen LogP contribution in [0.15, 0.2) is 67.0 Å². The van der Waals surface area contributed by atoms with Crippen LogP contribution in [0.1, 0.15) is 59.5 Å². The first kappa shape index (κ1) is 22.8. The van der Waals surface area contributed by atoms with E-state index in [2.05, 4.69) is 27.0 Å². The Labute approximate surface area is 204 Å². The summed E-state index contributed by atoms with van der Waals surface area (Å²) in [6.45, 7) is 4.70. The molecule has 1 aliphatic heterocycles. The number of amides is 2. The third kappa shape index (κ3) is 4.67. The fourth-order valence-electron chi connectivity index (χ4n) is 5.03. The van der Waals surface area contributed by atoms with Gasteiger partial charge in [0.2, 0.25) is 5.91 Å². The Morgan fingerprint density at radius 2 is 1.91 bits per heavy atom. The van der Waals surface area contributed by atoms with Gasteiger partial charge in [-0.15, -0.1) is 0 Å². The molecule has 5 rings (SSSR count). The molecule has 1 N–H and O–H groups in total. The first-order valence-corrected chi connectivity index (χ1v) is 12.0. The van der Waals surface area contributed by atoms with Crippen LogP contribution in [0.5, 0.6) is 0 Å². The number of imidazole rings is 1. The molecule has 7 heteroatoms. The number of benzene rings is 2. The summed E-state index contributed by atoms with van der Waals surface area (Å²) in [5, 5.41) is 2.85. The summed E-state index contributed by atoms with van der Waals surface area (Å²) in [5.74, 6) is 0.583. The molecule has 2 aromatic heterocycles. The van der Waals surface area contributed by atoms with Crippen LogP contribution in [0, 0.1) is 6.92 Å². The summed E-state index contributed by atoms with van der Waals surface area (Å²) < 4.78 is 2.10. The maximum atomic E-state index is 14.2. The highest BCUT2D eigenvalue weighted by molar-refractivity contribution is 6.07. The highest BCUT2D eigenvalue weighted by atomic mass is 16.2. The van der Waals surface area contributed by atoms with Crippen molar-refractivity contribution in [3.8, 4) is 0 Å². The van der Waals surface area contributed by atoms with Gasteiger partial charge in [-0.1, -0.05) is 36.4 Å². The molecule has 1 fully saturated rings. The van der Waals surface area contributed by atoms with Gasteiger partial charge in [-0.2, -0.15) is 0 Å². The van der Waals surface area contributed by atoms with Gasteiger partial charge < -0.3 is 14.8 Å². The lowest BCUT2D eigenvalue weighted by Crippen LogP contribution is -2.38. The van der Waals surface area contributed by atoms with Crippen LogP contribution in [0.25, 0.3) is 11.0 Å². The van der Waals surface area contributed by atoms with Crippen molar-refractivity contribution in [1.82, 2.24) is 19.4 Å². The summed E-state index contributed by atoms with van der Waals surface area (Å²) in [5.41, 5.74) is 4.80. The monoisotopic (exact) mass is 467 g/mol. The Hall–Kier alpha value is -4.00. The van der Waals surface area contributed by atoms with E-state index in [1.165, 1.54) is 6.92 Å². The number of aromatic nitrogens is 3. The Morgan fingerprint density at radius 1 is 1.09 bits per heavy atom. The minimum absolute atomic E-state index is 0.0315. The molecular formula is C28H29N5O2. The molecular weight excluding hydrogens is 438 g/mol. The molecule has 2 aromatic carbocycles. The van der Waals surface area contributed by atoms with Crippen molar-refractivity contribution in [3.05, 3.63) is 89.5 Å². The zero-order valence-corrected chi connectivity index (χ0v) is 20.1. The molecule has 0 spiro atoms. The van der Waals surface area contributed by atoms with Gasteiger partial charge in [0, 0.05) is 38.1 Å². The summed E-state index contributed by atoms with van der Waals surface area (Å²) in [7, 11) is 0. The smallest absolute Gasteiger partial charge is 0.256 e. The number of carbonyl (C=O) groups excluding carboxylic acids is 2. The first-order chi connectivity index (χ1) is 17.0. The number of piperidine rings is 1. The molecule has 0 radical (unpaired) electrons. The van der Waals surface area contributed by atoms with Gasteiger partial charge in [-0.3, -0.25) is 14.6 Å². The zero-order valence-electron chi connectivity index (χ0n) is 20.1. The number of likely N-dealkylation sites (tertiary alicyclic amines) is 1. The number of pyridine rings is 1. The molecule has 1 aliphatic rings. The number of carbonyl (C=O) groups is 2. The molecule has 35 heavy (non-hydrogen) atoms. The van der Waals surface area contributed by atoms with Crippen LogP contribution in [0.4, 0.5) is 5.69 Å². The second kappa shape index (κ2) is 9.70. The maximum Gasteiger partial charge on any atom is 0.256 e. The molecule has 3 heterocycles.